The van der Waals surface area contributed by atoms with E-state index in [2.05, 4.69) is 22.1 Å². The Labute approximate surface area is 190 Å². The van der Waals surface area contributed by atoms with Gasteiger partial charge in [-0.3, -0.25) is 19.6 Å². The van der Waals surface area contributed by atoms with Crippen LogP contribution in [0.1, 0.15) is 54.9 Å². The fraction of sp³-hybridized carbons (Fsp3) is 0.400. The molecule has 0 bridgehead atoms. The highest BCUT2D eigenvalue weighted by Crippen LogP contribution is 2.33. The van der Waals surface area contributed by atoms with Gasteiger partial charge >= 0.3 is 0 Å². The number of hydrogen-bond donors (Lipinski definition) is 1. The number of furan rings is 1. The number of likely N-dealkylation sites (tertiary alicyclic amines) is 1. The first-order valence-corrected chi connectivity index (χ1v) is 11.7. The number of nitrogens with one attached hydrogen (secondary N) is 1. The lowest BCUT2D eigenvalue weighted by atomic mass is 9.99. The van der Waals surface area contributed by atoms with Crippen molar-refractivity contribution < 1.29 is 9.21 Å². The van der Waals surface area contributed by atoms with Gasteiger partial charge in [-0.25, -0.2) is 9.50 Å². The van der Waals surface area contributed by atoms with Gasteiger partial charge in [0.15, 0.2) is 5.65 Å². The van der Waals surface area contributed by atoms with Crippen molar-refractivity contribution in [3.8, 4) is 0 Å². The number of rotatable bonds is 3. The highest BCUT2D eigenvalue weighted by molar-refractivity contribution is 5.77. The third-order valence-electron chi connectivity index (χ3n) is 7.03. The average Bonchev–Trinajstić information content (AvgIpc) is 3.43. The lowest BCUT2D eigenvalue weighted by Crippen LogP contribution is -2.39. The number of carbonyl (C=O) groups excluding carboxylic acids is 1. The molecule has 5 heterocycles. The number of benzene rings is 1. The topological polar surface area (TPSA) is 86.8 Å². The van der Waals surface area contributed by atoms with Crippen molar-refractivity contribution in [2.75, 3.05) is 13.1 Å². The van der Waals surface area contributed by atoms with Crippen LogP contribution in [-0.2, 0) is 24.3 Å². The van der Waals surface area contributed by atoms with Crippen LogP contribution in [0.25, 0.3) is 16.6 Å². The summed E-state index contributed by atoms with van der Waals surface area (Å²) in [5, 5.41) is 4.45. The summed E-state index contributed by atoms with van der Waals surface area (Å²) in [4.78, 5) is 34.0. The Morgan fingerprint density at radius 3 is 2.94 bits per heavy atom. The Kier molecular flexibility index (Phi) is 4.83. The van der Waals surface area contributed by atoms with Gasteiger partial charge in [-0.1, -0.05) is 24.6 Å². The summed E-state index contributed by atoms with van der Waals surface area (Å²) in [7, 11) is 0. The molecule has 1 atom stereocenters. The van der Waals surface area contributed by atoms with E-state index in [4.69, 9.17) is 9.40 Å². The number of aromatic amines is 1. The van der Waals surface area contributed by atoms with Gasteiger partial charge in [-0.2, -0.15) is 0 Å². The van der Waals surface area contributed by atoms with Crippen LogP contribution in [0.3, 0.4) is 0 Å². The molecule has 0 spiro atoms. The van der Waals surface area contributed by atoms with E-state index in [1.165, 1.54) is 0 Å². The van der Waals surface area contributed by atoms with Gasteiger partial charge < -0.3 is 9.32 Å². The first-order valence-electron chi connectivity index (χ1n) is 11.7. The van der Waals surface area contributed by atoms with E-state index in [9.17, 15) is 9.59 Å². The maximum absolute atomic E-state index is 13.2. The van der Waals surface area contributed by atoms with E-state index in [1.54, 1.807) is 16.3 Å². The average molecular weight is 446 g/mol. The Morgan fingerprint density at radius 2 is 2.09 bits per heavy atom. The van der Waals surface area contributed by atoms with Gasteiger partial charge in [0.05, 0.1) is 36.1 Å². The minimum absolute atomic E-state index is 0.0132. The quantitative estimate of drug-likeness (QED) is 0.522. The number of H-pyrrole nitrogens is 1. The van der Waals surface area contributed by atoms with Gasteiger partial charge in [0, 0.05) is 31.3 Å². The van der Waals surface area contributed by atoms with Gasteiger partial charge in [0.1, 0.15) is 11.3 Å². The SMILES string of the molecule is CC(=O)N1CCc2nc3cc([C@H]4CCCCN4Cc4cc5ccccc5o4)[nH]n3c(=O)c2C1. The Bertz CT molecular complexity index is 1380. The van der Waals surface area contributed by atoms with Gasteiger partial charge in [0.2, 0.25) is 5.91 Å². The van der Waals surface area contributed by atoms with Crippen molar-refractivity contribution in [2.24, 2.45) is 0 Å². The fourth-order valence-corrected chi connectivity index (χ4v) is 5.29. The van der Waals surface area contributed by atoms with Crippen LogP contribution < -0.4 is 5.56 Å². The molecule has 2 aliphatic heterocycles. The molecular weight excluding hydrogens is 418 g/mol. The summed E-state index contributed by atoms with van der Waals surface area (Å²) in [6, 6.07) is 12.4. The van der Waals surface area contributed by atoms with Crippen molar-refractivity contribution in [1.29, 1.82) is 0 Å². The van der Waals surface area contributed by atoms with Crippen LogP contribution in [0.2, 0.25) is 0 Å². The number of para-hydroxylation sites is 1. The largest absolute Gasteiger partial charge is 0.460 e. The third kappa shape index (κ3) is 3.54. The molecule has 170 valence electrons. The maximum Gasteiger partial charge on any atom is 0.277 e. The zero-order valence-corrected chi connectivity index (χ0v) is 18.7. The van der Waals surface area contributed by atoms with E-state index in [-0.39, 0.29) is 17.5 Å². The van der Waals surface area contributed by atoms with Crippen molar-refractivity contribution in [3.05, 3.63) is 69.5 Å². The first kappa shape index (κ1) is 20.2. The van der Waals surface area contributed by atoms with Crippen LogP contribution in [-0.4, -0.2) is 43.4 Å². The van der Waals surface area contributed by atoms with Crippen LogP contribution in [0, 0.1) is 0 Å². The first-order chi connectivity index (χ1) is 16.1. The molecule has 1 aromatic carbocycles. The molecule has 1 N–H and O–H groups in total. The molecule has 33 heavy (non-hydrogen) atoms. The molecule has 0 radical (unpaired) electrons. The zero-order valence-electron chi connectivity index (χ0n) is 18.7. The zero-order chi connectivity index (χ0) is 22.5. The van der Waals surface area contributed by atoms with Gasteiger partial charge in [-0.05, 0) is 31.5 Å². The summed E-state index contributed by atoms with van der Waals surface area (Å²) in [6.07, 6.45) is 3.91. The monoisotopic (exact) mass is 445 g/mol. The molecule has 0 saturated carbocycles. The van der Waals surface area contributed by atoms with E-state index in [0.717, 1.165) is 60.5 Å². The minimum atomic E-state index is -0.105. The van der Waals surface area contributed by atoms with Crippen LogP contribution in [0.15, 0.2) is 45.6 Å². The normalized spacial score (nSPS) is 19.3. The molecule has 2 aliphatic rings. The lowest BCUT2D eigenvalue weighted by molar-refractivity contribution is -0.129. The molecule has 0 aliphatic carbocycles. The number of nitrogens with zero attached hydrogens (tertiary/aromatic N) is 4. The summed E-state index contributed by atoms with van der Waals surface area (Å²) >= 11 is 0. The summed E-state index contributed by atoms with van der Waals surface area (Å²) in [6.45, 7) is 4.18. The number of aromatic nitrogens is 3. The van der Waals surface area contributed by atoms with E-state index in [0.29, 0.717) is 30.7 Å². The Hall–Kier alpha value is -3.39. The minimum Gasteiger partial charge on any atom is -0.460 e. The van der Waals surface area contributed by atoms with Crippen LogP contribution in [0.5, 0.6) is 0 Å². The standard InChI is InChI=1S/C25H27N5O3/c1-16(31)28-11-9-20-19(15-28)25(32)30-24(26-20)13-21(27-30)22-7-4-5-10-29(22)14-18-12-17-6-2-3-8-23(17)33-18/h2-3,6,8,12-13,22,27H,4-5,7,9-11,14-15H2,1H3/t22-/m1/s1. The summed E-state index contributed by atoms with van der Waals surface area (Å²) in [5.41, 5.74) is 3.89. The van der Waals surface area contributed by atoms with Crippen molar-refractivity contribution in [1.82, 2.24) is 24.4 Å². The van der Waals surface area contributed by atoms with Crippen LogP contribution in [0.4, 0.5) is 0 Å². The van der Waals surface area contributed by atoms with Crippen molar-refractivity contribution in [3.63, 3.8) is 0 Å². The molecule has 4 aromatic rings. The highest BCUT2D eigenvalue weighted by atomic mass is 16.3. The van der Waals surface area contributed by atoms with Crippen molar-refractivity contribution >= 4 is 22.5 Å². The van der Waals surface area contributed by atoms with E-state index >= 15 is 0 Å². The molecule has 1 saturated heterocycles. The molecule has 1 fully saturated rings. The number of hydrogen-bond acceptors (Lipinski definition) is 5. The number of carbonyl (C=O) groups is 1. The summed E-state index contributed by atoms with van der Waals surface area (Å²) in [5.74, 6) is 0.940. The number of fused-ring (bicyclic) bond motifs is 3. The molecule has 1 amide bonds. The van der Waals surface area contributed by atoms with E-state index in [1.807, 2.05) is 24.3 Å². The number of amides is 1. The fourth-order valence-electron chi connectivity index (χ4n) is 5.29. The third-order valence-corrected chi connectivity index (χ3v) is 7.03. The predicted molar refractivity (Wildman–Crippen MR) is 124 cm³/mol. The van der Waals surface area contributed by atoms with Crippen molar-refractivity contribution in [2.45, 2.75) is 51.7 Å². The van der Waals surface area contributed by atoms with Gasteiger partial charge in [-0.15, -0.1) is 0 Å². The highest BCUT2D eigenvalue weighted by Gasteiger charge is 2.28. The molecule has 3 aromatic heterocycles. The molecule has 8 heteroatoms. The maximum atomic E-state index is 13.2. The predicted octanol–water partition coefficient (Wildman–Crippen LogP) is 3.40. The van der Waals surface area contributed by atoms with Gasteiger partial charge in [0.25, 0.3) is 5.56 Å². The summed E-state index contributed by atoms with van der Waals surface area (Å²) < 4.78 is 7.63. The lowest BCUT2D eigenvalue weighted by Gasteiger charge is -2.34. The smallest absolute Gasteiger partial charge is 0.277 e. The van der Waals surface area contributed by atoms with E-state index < -0.39 is 0 Å². The second-order valence-electron chi connectivity index (χ2n) is 9.17. The number of piperidine rings is 1. The molecule has 0 unspecified atom stereocenters. The second kappa shape index (κ2) is 7.88. The van der Waals surface area contributed by atoms with Crippen LogP contribution >= 0.6 is 0 Å². The Morgan fingerprint density at radius 1 is 1.21 bits per heavy atom. The second-order valence-corrected chi connectivity index (χ2v) is 9.17. The molecule has 8 nitrogen and oxygen atoms in total. The molecular formula is C25H27N5O3. The Balaban J connectivity index is 1.33. The molecule has 6 rings (SSSR count).